The largest absolute Gasteiger partial charge is 0.460 e. The number of amides is 3. The highest BCUT2D eigenvalue weighted by molar-refractivity contribution is 7.92. The summed E-state index contributed by atoms with van der Waals surface area (Å²) in [5.41, 5.74) is -2.41. The summed E-state index contributed by atoms with van der Waals surface area (Å²) >= 11 is 0. The summed E-state index contributed by atoms with van der Waals surface area (Å²) in [4.78, 5) is 73.7. The molecule has 5 rings (SSSR count). The molecule has 5 N–H and O–H groups in total. The number of Topliss-reactive ketones (excluding diaryl/α,β-unsaturated/α-hetero) is 1. The van der Waals surface area contributed by atoms with Crippen LogP contribution in [-0.2, 0) is 38.5 Å². The maximum Gasteiger partial charge on any atom is 0.440 e. The van der Waals surface area contributed by atoms with Crippen LogP contribution in [0.5, 0.6) is 0 Å². The average Bonchev–Trinajstić information content (AvgIpc) is 3.43. The van der Waals surface area contributed by atoms with Crippen molar-refractivity contribution in [1.82, 2.24) is 20.9 Å². The van der Waals surface area contributed by atoms with E-state index in [-0.39, 0.29) is 53.8 Å². The Morgan fingerprint density at radius 1 is 0.900 bits per heavy atom. The highest BCUT2D eigenvalue weighted by Crippen LogP contribution is 2.65. The quantitative estimate of drug-likeness (QED) is 0.0620. The lowest BCUT2D eigenvalue weighted by Gasteiger charge is -2.40. The van der Waals surface area contributed by atoms with E-state index < -0.39 is 72.8 Å². The van der Waals surface area contributed by atoms with Gasteiger partial charge in [0.25, 0.3) is 11.8 Å². The zero-order valence-corrected chi connectivity index (χ0v) is 38.8. The van der Waals surface area contributed by atoms with Gasteiger partial charge in [-0.2, -0.15) is 0 Å². The lowest BCUT2D eigenvalue weighted by atomic mass is 9.70. The van der Waals surface area contributed by atoms with Gasteiger partial charge >= 0.3 is 12.0 Å². The number of nitrogens with zero attached hydrogens (tertiary/aromatic N) is 1. The number of nitrogens with one attached hydrogen (secondary N) is 4. The molecule has 1 saturated heterocycles. The van der Waals surface area contributed by atoms with Crippen molar-refractivity contribution in [2.24, 2.45) is 28.6 Å². The molecule has 0 aromatic carbocycles. The van der Waals surface area contributed by atoms with E-state index in [1.165, 1.54) is 0 Å². The van der Waals surface area contributed by atoms with Gasteiger partial charge in [0.15, 0.2) is 15.9 Å². The minimum Gasteiger partial charge on any atom is -0.460 e. The van der Waals surface area contributed by atoms with Gasteiger partial charge in [-0.25, -0.2) is 18.7 Å². The molecule has 1 heterocycles. The number of aliphatic hydroxyl groups excluding tert-OH is 1. The van der Waals surface area contributed by atoms with Crippen LogP contribution >= 0.6 is 0 Å². The first-order valence-electron chi connectivity index (χ1n) is 22.8. The van der Waals surface area contributed by atoms with Gasteiger partial charge in [-0.1, -0.05) is 72.6 Å². The summed E-state index contributed by atoms with van der Waals surface area (Å²) in [6.45, 7) is 17.0. The maximum absolute atomic E-state index is 15.1. The van der Waals surface area contributed by atoms with E-state index in [1.807, 2.05) is 13.8 Å². The number of esters is 1. The number of ketones is 1. The van der Waals surface area contributed by atoms with Crippen LogP contribution in [0.4, 0.5) is 0 Å². The van der Waals surface area contributed by atoms with Crippen molar-refractivity contribution in [2.45, 2.75) is 199 Å². The topological polar surface area (TPSA) is 202 Å². The third-order valence-electron chi connectivity index (χ3n) is 15.0. The number of sulfone groups is 1. The summed E-state index contributed by atoms with van der Waals surface area (Å²) in [6, 6.07) is -3.26. The first-order valence-corrected chi connectivity index (χ1v) is 24.5. The number of fused-ring (bicyclic) bond motifs is 1. The number of ether oxygens (including phenoxy) is 1. The SMILES string of the molecule is CCC(C)(C)S(=O)(=O)CC1(NC(O)=[NH+][C@H](C(=O)N2CC3C([C@H]2C(=O)NC(CC2CCC2)C(=O)C(=O)NCCC(=O)OC(C)(C)C)C3(C)C)C2(C)CCCCC2)CCCCC1. The second-order valence-corrected chi connectivity index (χ2v) is 24.0. The zero-order chi connectivity index (χ0) is 44.5. The Morgan fingerprint density at radius 3 is 2.05 bits per heavy atom. The second kappa shape index (κ2) is 18.2. The van der Waals surface area contributed by atoms with Gasteiger partial charge in [-0.3, -0.25) is 24.0 Å². The fourth-order valence-corrected chi connectivity index (χ4v) is 12.3. The lowest BCUT2D eigenvalue weighted by Crippen LogP contribution is -2.90. The van der Waals surface area contributed by atoms with Crippen LogP contribution in [0.2, 0.25) is 0 Å². The summed E-state index contributed by atoms with van der Waals surface area (Å²) in [5.74, 6) is -3.08. The molecule has 4 aliphatic carbocycles. The van der Waals surface area contributed by atoms with Crippen LogP contribution in [0.25, 0.3) is 0 Å². The highest BCUT2D eigenvalue weighted by atomic mass is 32.2. The fraction of sp³-hybridized carbons (Fsp3) is 0.867. The molecule has 1 aliphatic heterocycles. The average molecular weight is 863 g/mol. The summed E-state index contributed by atoms with van der Waals surface area (Å²) in [6.07, 6.45) is 11.4. The van der Waals surface area contributed by atoms with Gasteiger partial charge in [0.1, 0.15) is 17.2 Å². The second-order valence-electron chi connectivity index (χ2n) is 21.4. The van der Waals surface area contributed by atoms with Gasteiger partial charge in [-0.15, -0.1) is 0 Å². The van der Waals surface area contributed by atoms with E-state index in [2.05, 4.69) is 34.8 Å². The monoisotopic (exact) mass is 863 g/mol. The molecule has 0 spiro atoms. The molecular weight excluding hydrogens is 787 g/mol. The number of aliphatic hydroxyl groups is 1. The van der Waals surface area contributed by atoms with Gasteiger partial charge in [0.05, 0.1) is 23.0 Å². The van der Waals surface area contributed by atoms with E-state index in [1.54, 1.807) is 39.5 Å². The first kappa shape index (κ1) is 47.8. The van der Waals surface area contributed by atoms with Crippen LogP contribution in [0.3, 0.4) is 0 Å². The number of piperidine rings is 1. The molecule has 0 aromatic heterocycles. The lowest BCUT2D eigenvalue weighted by molar-refractivity contribution is -0.521. The van der Waals surface area contributed by atoms with Gasteiger partial charge in [-0.05, 0) is 109 Å². The molecule has 3 amide bonds. The van der Waals surface area contributed by atoms with Crippen molar-refractivity contribution in [1.29, 1.82) is 0 Å². The third-order valence-corrected chi connectivity index (χ3v) is 17.9. The number of carbonyl (C=O) groups excluding carboxylic acids is 5. The highest BCUT2D eigenvalue weighted by Gasteiger charge is 2.70. The summed E-state index contributed by atoms with van der Waals surface area (Å²) in [7, 11) is -3.58. The van der Waals surface area contributed by atoms with E-state index in [0.29, 0.717) is 32.2 Å². The molecule has 5 fully saturated rings. The minimum atomic E-state index is -3.58. The van der Waals surface area contributed by atoms with Crippen molar-refractivity contribution in [3.63, 3.8) is 0 Å². The van der Waals surface area contributed by atoms with Gasteiger partial charge in [0, 0.05) is 18.5 Å². The molecule has 0 bridgehead atoms. The Labute approximate surface area is 358 Å². The van der Waals surface area contributed by atoms with Crippen LogP contribution in [-0.4, -0.2) is 107 Å². The molecule has 5 aliphatic rings. The van der Waals surface area contributed by atoms with E-state index >= 15 is 4.79 Å². The predicted octanol–water partition coefficient (Wildman–Crippen LogP) is 3.79. The number of likely N-dealkylation sites (tertiary alicyclic amines) is 1. The minimum absolute atomic E-state index is 0.0438. The molecule has 4 saturated carbocycles. The Hall–Kier alpha value is -3.23. The Balaban J connectivity index is 1.39. The standard InChI is InChI=1S/C45H75N5O9S/c1-10-42(5,6)60(57,58)28-45(23-15-12-16-24-45)49-40(56)48-36(44(9)21-13-11-14-22-44)39(55)50-27-30-33(43(30,7)8)34(50)37(53)47-31(26-29-18-17-19-29)35(52)38(54)46-25-20-32(51)59-41(2,3)4/h29-31,33-34,36H,10-28H2,1-9H3,(H,46,54)(H,47,53)(H2,48,49,56)/p+1/t30?,31?,33?,34-,36+/m0/s1. The third kappa shape index (κ3) is 10.9. The van der Waals surface area contributed by atoms with Crippen LogP contribution < -0.4 is 20.9 Å². The van der Waals surface area contributed by atoms with E-state index in [9.17, 15) is 32.7 Å². The number of hydrogen-bond donors (Lipinski definition) is 5. The Morgan fingerprint density at radius 2 is 1.50 bits per heavy atom. The molecule has 14 nitrogen and oxygen atoms in total. The van der Waals surface area contributed by atoms with Crippen LogP contribution in [0.1, 0.15) is 165 Å². The number of amidine groups is 1. The summed E-state index contributed by atoms with van der Waals surface area (Å²) in [5, 5.41) is 20.5. The van der Waals surface area contributed by atoms with Crippen molar-refractivity contribution >= 4 is 45.3 Å². The summed E-state index contributed by atoms with van der Waals surface area (Å²) < 4.78 is 31.9. The first-order chi connectivity index (χ1) is 27.9. The van der Waals surface area contributed by atoms with Crippen molar-refractivity contribution < 1.29 is 47.2 Å². The molecule has 340 valence electrons. The van der Waals surface area contributed by atoms with E-state index in [0.717, 1.165) is 70.6 Å². The van der Waals surface area contributed by atoms with Crippen LogP contribution in [0.15, 0.2) is 0 Å². The van der Waals surface area contributed by atoms with Gasteiger partial charge < -0.3 is 25.4 Å². The smallest absolute Gasteiger partial charge is 0.440 e. The molecule has 3 unspecified atom stereocenters. The van der Waals surface area contributed by atoms with Crippen LogP contribution in [0, 0.1) is 28.6 Å². The zero-order valence-electron chi connectivity index (χ0n) is 38.0. The van der Waals surface area contributed by atoms with Gasteiger partial charge in [0.2, 0.25) is 11.7 Å². The fourth-order valence-electron chi connectivity index (χ4n) is 10.4. The molecule has 15 heteroatoms. The number of rotatable bonds is 17. The van der Waals surface area contributed by atoms with E-state index in [4.69, 9.17) is 4.74 Å². The molecule has 0 radical (unpaired) electrons. The molecule has 5 atom stereocenters. The Kier molecular flexibility index (Phi) is 14.5. The Bertz CT molecular complexity index is 1750. The molecule has 60 heavy (non-hydrogen) atoms. The maximum atomic E-state index is 15.1. The van der Waals surface area contributed by atoms with Crippen molar-refractivity contribution in [3.05, 3.63) is 0 Å². The number of hydrogen-bond acceptors (Lipinski definition) is 8. The molecule has 0 aromatic rings. The van der Waals surface area contributed by atoms with Crippen molar-refractivity contribution in [3.8, 4) is 0 Å². The normalized spacial score (nSPS) is 26.1. The number of carbonyl (C=O) groups is 5. The molecular formula is C45H76N5O9S+. The predicted molar refractivity (Wildman–Crippen MR) is 229 cm³/mol. The van der Waals surface area contributed by atoms with Crippen molar-refractivity contribution in [2.75, 3.05) is 18.8 Å².